The van der Waals surface area contributed by atoms with E-state index in [1.54, 1.807) is 18.2 Å². The van der Waals surface area contributed by atoms with Crippen LogP contribution in [0.1, 0.15) is 12.1 Å². The molecule has 0 spiro atoms. The number of fused-ring (bicyclic) bond motifs is 1. The Hall–Kier alpha value is -2.98. The molecule has 2 heterocycles. The number of rotatable bonds is 4. The molecule has 1 aliphatic rings. The number of hydrogen-bond acceptors (Lipinski definition) is 5. The molecule has 3 aromatic rings. The second kappa shape index (κ2) is 6.32. The van der Waals surface area contributed by atoms with Gasteiger partial charge in [-0.1, -0.05) is 6.07 Å². The highest BCUT2D eigenvalue weighted by molar-refractivity contribution is 7.89. The van der Waals surface area contributed by atoms with Gasteiger partial charge in [0.25, 0.3) is 6.43 Å². The third kappa shape index (κ3) is 3.24. The Kier molecular flexibility index (Phi) is 4.08. The first-order chi connectivity index (χ1) is 12.8. The average molecular weight is 393 g/mol. The number of halogens is 2. The summed E-state index contributed by atoms with van der Waals surface area (Å²) in [6.45, 7) is 0.0831. The van der Waals surface area contributed by atoms with Gasteiger partial charge in [-0.05, 0) is 42.0 Å². The maximum absolute atomic E-state index is 12.9. The normalized spacial score (nSPS) is 13.3. The standard InChI is InChI=1S/C17H13F2N3O4S/c18-17(19)13-5-6-22(21-13)14-3-2-11(27(20,23)24)8-12(14)10-1-4-15-16(7-10)26-9-25-15/h1-8,17H,9H2,(H2,20,23,24). The highest BCUT2D eigenvalue weighted by Crippen LogP contribution is 2.38. The van der Waals surface area contributed by atoms with Gasteiger partial charge in [0.2, 0.25) is 16.8 Å². The summed E-state index contributed by atoms with van der Waals surface area (Å²) in [4.78, 5) is -0.111. The summed E-state index contributed by atoms with van der Waals surface area (Å²) in [6.07, 6.45) is -1.34. The zero-order chi connectivity index (χ0) is 19.2. The summed E-state index contributed by atoms with van der Waals surface area (Å²) in [5, 5.41) is 9.09. The minimum Gasteiger partial charge on any atom is -0.454 e. The van der Waals surface area contributed by atoms with Crippen molar-refractivity contribution in [3.05, 3.63) is 54.4 Å². The quantitative estimate of drug-likeness (QED) is 0.735. The van der Waals surface area contributed by atoms with E-state index in [0.29, 0.717) is 28.3 Å². The van der Waals surface area contributed by atoms with Gasteiger partial charge in [0, 0.05) is 11.8 Å². The van der Waals surface area contributed by atoms with Gasteiger partial charge < -0.3 is 9.47 Å². The summed E-state index contributed by atoms with van der Waals surface area (Å²) in [6, 6.07) is 10.4. The maximum atomic E-state index is 12.9. The van der Waals surface area contributed by atoms with Gasteiger partial charge in [0.05, 0.1) is 10.6 Å². The number of hydrogen-bond donors (Lipinski definition) is 1. The molecule has 2 aromatic carbocycles. The maximum Gasteiger partial charge on any atom is 0.282 e. The van der Waals surface area contributed by atoms with E-state index < -0.39 is 16.4 Å². The molecule has 4 rings (SSSR count). The number of aromatic nitrogens is 2. The number of ether oxygens (including phenoxy) is 2. The molecule has 0 saturated heterocycles. The van der Waals surface area contributed by atoms with E-state index in [9.17, 15) is 17.2 Å². The average Bonchev–Trinajstić information content (AvgIpc) is 3.29. The van der Waals surface area contributed by atoms with Crippen molar-refractivity contribution in [3.8, 4) is 28.3 Å². The third-order valence-electron chi connectivity index (χ3n) is 4.06. The second-order valence-corrected chi connectivity index (χ2v) is 7.34. The van der Waals surface area contributed by atoms with Crippen LogP contribution in [0.25, 0.3) is 16.8 Å². The molecule has 0 saturated carbocycles. The lowest BCUT2D eigenvalue weighted by Crippen LogP contribution is -2.12. The number of benzene rings is 2. The molecule has 2 N–H and O–H groups in total. The van der Waals surface area contributed by atoms with Crippen LogP contribution >= 0.6 is 0 Å². The van der Waals surface area contributed by atoms with E-state index in [2.05, 4.69) is 5.10 Å². The first-order valence-corrected chi connectivity index (χ1v) is 9.28. The largest absolute Gasteiger partial charge is 0.454 e. The molecule has 1 aliphatic heterocycles. The molecule has 1 aromatic heterocycles. The van der Waals surface area contributed by atoms with Crippen LogP contribution in [0.15, 0.2) is 53.6 Å². The molecule has 0 unspecified atom stereocenters. The third-order valence-corrected chi connectivity index (χ3v) is 4.97. The summed E-state index contributed by atoms with van der Waals surface area (Å²) in [5.74, 6) is 1.05. The number of sulfonamides is 1. The summed E-state index contributed by atoms with van der Waals surface area (Å²) in [7, 11) is -3.96. The van der Waals surface area contributed by atoms with Crippen molar-refractivity contribution >= 4 is 10.0 Å². The molecule has 0 bridgehead atoms. The van der Waals surface area contributed by atoms with Crippen LogP contribution in [0.3, 0.4) is 0 Å². The van der Waals surface area contributed by atoms with Crippen molar-refractivity contribution in [1.82, 2.24) is 9.78 Å². The fourth-order valence-electron chi connectivity index (χ4n) is 2.78. The molecule has 0 atom stereocenters. The van der Waals surface area contributed by atoms with Gasteiger partial charge >= 0.3 is 0 Å². The van der Waals surface area contributed by atoms with Crippen LogP contribution in [0.2, 0.25) is 0 Å². The van der Waals surface area contributed by atoms with E-state index in [-0.39, 0.29) is 17.4 Å². The number of alkyl halides is 2. The SMILES string of the molecule is NS(=O)(=O)c1ccc(-n2ccc(C(F)F)n2)c(-c2ccc3c(c2)OCO3)c1. The van der Waals surface area contributed by atoms with Crippen molar-refractivity contribution < 1.29 is 26.7 Å². The van der Waals surface area contributed by atoms with Gasteiger partial charge in [0.15, 0.2) is 11.5 Å². The summed E-state index contributed by atoms with van der Waals surface area (Å²) in [5.41, 5.74) is 1.05. The molecular weight excluding hydrogens is 380 g/mol. The topological polar surface area (TPSA) is 96.4 Å². The lowest BCUT2D eigenvalue weighted by molar-refractivity contribution is 0.145. The van der Waals surface area contributed by atoms with E-state index in [0.717, 1.165) is 0 Å². The van der Waals surface area contributed by atoms with E-state index in [4.69, 9.17) is 14.6 Å². The molecule has 27 heavy (non-hydrogen) atoms. The number of nitrogens with zero attached hydrogens (tertiary/aromatic N) is 2. The molecule has 0 radical (unpaired) electrons. The Bertz CT molecular complexity index is 1130. The van der Waals surface area contributed by atoms with E-state index >= 15 is 0 Å². The first kappa shape index (κ1) is 17.4. The van der Waals surface area contributed by atoms with Gasteiger partial charge in [0.1, 0.15) is 5.69 Å². The van der Waals surface area contributed by atoms with Crippen molar-refractivity contribution in [2.45, 2.75) is 11.3 Å². The number of nitrogens with two attached hydrogens (primary N) is 1. The lowest BCUT2D eigenvalue weighted by atomic mass is 10.0. The smallest absolute Gasteiger partial charge is 0.282 e. The first-order valence-electron chi connectivity index (χ1n) is 7.74. The Balaban J connectivity index is 1.91. The molecule has 10 heteroatoms. The van der Waals surface area contributed by atoms with E-state index in [1.807, 2.05) is 0 Å². The highest BCUT2D eigenvalue weighted by Gasteiger charge is 2.19. The Morgan fingerprint density at radius 1 is 1.07 bits per heavy atom. The lowest BCUT2D eigenvalue weighted by Gasteiger charge is -2.12. The monoisotopic (exact) mass is 393 g/mol. The van der Waals surface area contributed by atoms with E-state index in [1.165, 1.54) is 35.1 Å². The number of primary sulfonamides is 1. The summed E-state index contributed by atoms with van der Waals surface area (Å²) < 4.78 is 61.2. The fourth-order valence-corrected chi connectivity index (χ4v) is 3.32. The Morgan fingerprint density at radius 2 is 1.85 bits per heavy atom. The van der Waals surface area contributed by atoms with Gasteiger partial charge in [-0.25, -0.2) is 27.0 Å². The van der Waals surface area contributed by atoms with Crippen LogP contribution in [-0.2, 0) is 10.0 Å². The zero-order valence-electron chi connectivity index (χ0n) is 13.7. The van der Waals surface area contributed by atoms with Crippen LogP contribution < -0.4 is 14.6 Å². The minimum absolute atomic E-state index is 0.0831. The van der Waals surface area contributed by atoms with Crippen LogP contribution in [0, 0.1) is 0 Å². The zero-order valence-corrected chi connectivity index (χ0v) is 14.5. The molecule has 0 aliphatic carbocycles. The van der Waals surface area contributed by atoms with Gasteiger partial charge in [-0.3, -0.25) is 0 Å². The Labute approximate surface area is 153 Å². The van der Waals surface area contributed by atoms with Gasteiger partial charge in [-0.2, -0.15) is 5.10 Å². The molecule has 7 nitrogen and oxygen atoms in total. The Morgan fingerprint density at radius 3 is 2.56 bits per heavy atom. The molecule has 0 fully saturated rings. The highest BCUT2D eigenvalue weighted by atomic mass is 32.2. The van der Waals surface area contributed by atoms with Crippen LogP contribution in [-0.4, -0.2) is 25.0 Å². The fraction of sp³-hybridized carbons (Fsp3) is 0.118. The summed E-state index contributed by atoms with van der Waals surface area (Å²) >= 11 is 0. The van der Waals surface area contributed by atoms with Crippen LogP contribution in [0.5, 0.6) is 11.5 Å². The molecule has 0 amide bonds. The molecular formula is C17H13F2N3O4S. The predicted molar refractivity (Wildman–Crippen MR) is 91.5 cm³/mol. The van der Waals surface area contributed by atoms with Crippen molar-refractivity contribution in [1.29, 1.82) is 0 Å². The molecule has 140 valence electrons. The van der Waals surface area contributed by atoms with Crippen molar-refractivity contribution in [2.75, 3.05) is 6.79 Å². The van der Waals surface area contributed by atoms with Crippen LogP contribution in [0.4, 0.5) is 8.78 Å². The van der Waals surface area contributed by atoms with Crippen molar-refractivity contribution in [3.63, 3.8) is 0 Å². The minimum atomic E-state index is -3.96. The van der Waals surface area contributed by atoms with Crippen molar-refractivity contribution in [2.24, 2.45) is 5.14 Å². The predicted octanol–water partition coefficient (Wildman–Crippen LogP) is 2.85. The second-order valence-electron chi connectivity index (χ2n) is 5.78. The van der Waals surface area contributed by atoms with Gasteiger partial charge in [-0.15, -0.1) is 0 Å².